The van der Waals surface area contributed by atoms with Gasteiger partial charge in [-0.1, -0.05) is 6.07 Å². The van der Waals surface area contributed by atoms with Crippen LogP contribution in [0.15, 0.2) is 18.2 Å². The standard InChI is InChI=1S/C11H11F3O4/c1-16-7-17-9-3-2-4-10(8(9)5-6-15)18-11(12,13)14/h2-4,6H,5,7H2,1H3. The summed E-state index contributed by atoms with van der Waals surface area (Å²) in [6.45, 7) is -0.138. The van der Waals surface area contributed by atoms with Gasteiger partial charge in [-0.25, -0.2) is 0 Å². The molecule has 0 radical (unpaired) electrons. The average Bonchev–Trinajstić information content (AvgIpc) is 2.28. The molecule has 0 aliphatic carbocycles. The topological polar surface area (TPSA) is 44.8 Å². The Morgan fingerprint density at radius 1 is 1.28 bits per heavy atom. The fourth-order valence-electron chi connectivity index (χ4n) is 1.31. The van der Waals surface area contributed by atoms with Crippen LogP contribution in [0.5, 0.6) is 11.5 Å². The number of carbonyl (C=O) groups excluding carboxylic acids is 1. The van der Waals surface area contributed by atoms with E-state index in [-0.39, 0.29) is 24.5 Å². The molecule has 0 amide bonds. The highest BCUT2D eigenvalue weighted by Gasteiger charge is 2.32. The predicted octanol–water partition coefficient (Wildman–Crippen LogP) is 2.31. The fourth-order valence-corrected chi connectivity index (χ4v) is 1.31. The van der Waals surface area contributed by atoms with E-state index in [1.807, 2.05) is 0 Å². The van der Waals surface area contributed by atoms with E-state index in [0.717, 1.165) is 6.07 Å². The third kappa shape index (κ3) is 4.25. The molecule has 0 spiro atoms. The van der Waals surface area contributed by atoms with Crippen molar-refractivity contribution in [2.24, 2.45) is 0 Å². The van der Waals surface area contributed by atoms with Crippen LogP contribution in [0.1, 0.15) is 5.56 Å². The second-order valence-corrected chi connectivity index (χ2v) is 3.20. The van der Waals surface area contributed by atoms with Crippen LogP contribution in [0.2, 0.25) is 0 Å². The first-order chi connectivity index (χ1) is 8.48. The smallest absolute Gasteiger partial charge is 0.467 e. The summed E-state index contributed by atoms with van der Waals surface area (Å²) in [5, 5.41) is 0. The van der Waals surface area contributed by atoms with Gasteiger partial charge in [0.25, 0.3) is 0 Å². The molecule has 0 aliphatic heterocycles. The molecule has 0 fully saturated rings. The van der Waals surface area contributed by atoms with Crippen LogP contribution in [0.25, 0.3) is 0 Å². The maximum absolute atomic E-state index is 12.2. The maximum Gasteiger partial charge on any atom is 0.573 e. The van der Waals surface area contributed by atoms with Crippen molar-refractivity contribution in [2.75, 3.05) is 13.9 Å². The Kier molecular flexibility index (Phi) is 4.96. The van der Waals surface area contributed by atoms with Crippen LogP contribution in [-0.2, 0) is 16.0 Å². The number of methoxy groups -OCH3 is 1. The van der Waals surface area contributed by atoms with E-state index in [2.05, 4.69) is 9.47 Å². The van der Waals surface area contributed by atoms with E-state index < -0.39 is 12.1 Å². The monoisotopic (exact) mass is 264 g/mol. The number of carbonyl (C=O) groups is 1. The largest absolute Gasteiger partial charge is 0.573 e. The number of halogens is 3. The third-order valence-corrected chi connectivity index (χ3v) is 1.94. The summed E-state index contributed by atoms with van der Waals surface area (Å²) in [7, 11) is 1.37. The van der Waals surface area contributed by atoms with Gasteiger partial charge in [0.05, 0.1) is 0 Å². The molecule has 1 aromatic rings. The van der Waals surface area contributed by atoms with Gasteiger partial charge in [0, 0.05) is 19.1 Å². The quantitative estimate of drug-likeness (QED) is 0.584. The van der Waals surface area contributed by atoms with E-state index >= 15 is 0 Å². The molecule has 0 saturated carbocycles. The lowest BCUT2D eigenvalue weighted by molar-refractivity contribution is -0.274. The molecule has 100 valence electrons. The van der Waals surface area contributed by atoms with Gasteiger partial charge in [-0.2, -0.15) is 0 Å². The highest BCUT2D eigenvalue weighted by molar-refractivity contribution is 5.61. The summed E-state index contributed by atoms with van der Waals surface area (Å²) >= 11 is 0. The molecule has 0 saturated heterocycles. The number of aldehydes is 1. The van der Waals surface area contributed by atoms with Gasteiger partial charge in [0.1, 0.15) is 17.8 Å². The molecule has 7 heteroatoms. The van der Waals surface area contributed by atoms with Crippen LogP contribution in [0.3, 0.4) is 0 Å². The molecule has 18 heavy (non-hydrogen) atoms. The van der Waals surface area contributed by atoms with E-state index in [4.69, 9.17) is 4.74 Å². The summed E-state index contributed by atoms with van der Waals surface area (Å²) in [5.74, 6) is -0.339. The lowest BCUT2D eigenvalue weighted by Gasteiger charge is -2.15. The Bertz CT molecular complexity index is 404. The Labute approximate surface area is 101 Å². The lowest BCUT2D eigenvalue weighted by Crippen LogP contribution is -2.18. The molecular weight excluding hydrogens is 253 g/mol. The molecule has 0 aromatic heterocycles. The molecular formula is C11H11F3O4. The number of benzene rings is 1. The molecule has 0 atom stereocenters. The number of ether oxygens (including phenoxy) is 3. The van der Waals surface area contributed by atoms with Crippen LogP contribution in [0, 0.1) is 0 Å². The Morgan fingerprint density at radius 3 is 2.50 bits per heavy atom. The van der Waals surface area contributed by atoms with Crippen molar-refractivity contribution in [3.63, 3.8) is 0 Å². The fraction of sp³-hybridized carbons (Fsp3) is 0.364. The average molecular weight is 264 g/mol. The Morgan fingerprint density at radius 2 is 1.94 bits per heavy atom. The number of alkyl halides is 3. The van der Waals surface area contributed by atoms with Gasteiger partial charge in [-0.15, -0.1) is 13.2 Å². The summed E-state index contributed by atoms with van der Waals surface area (Å²) in [4.78, 5) is 10.5. The zero-order valence-electron chi connectivity index (χ0n) is 9.49. The second kappa shape index (κ2) is 6.25. The van der Waals surface area contributed by atoms with E-state index in [0.29, 0.717) is 6.29 Å². The zero-order valence-corrected chi connectivity index (χ0v) is 9.49. The van der Waals surface area contributed by atoms with Crippen LogP contribution >= 0.6 is 0 Å². The summed E-state index contributed by atoms with van der Waals surface area (Å²) in [5.41, 5.74) is 0.0295. The van der Waals surface area contributed by atoms with Crippen LogP contribution in [0.4, 0.5) is 13.2 Å². The minimum atomic E-state index is -4.82. The van der Waals surface area contributed by atoms with Gasteiger partial charge in [-0.05, 0) is 12.1 Å². The summed E-state index contributed by atoms with van der Waals surface area (Å²) in [6.07, 6.45) is -4.60. The number of hydrogen-bond acceptors (Lipinski definition) is 4. The molecule has 0 unspecified atom stereocenters. The highest BCUT2D eigenvalue weighted by Crippen LogP contribution is 2.32. The molecule has 0 N–H and O–H groups in total. The van der Waals surface area contributed by atoms with Crippen molar-refractivity contribution in [1.29, 1.82) is 0 Å². The molecule has 0 heterocycles. The molecule has 0 aliphatic rings. The molecule has 1 rings (SSSR count). The van der Waals surface area contributed by atoms with E-state index in [1.165, 1.54) is 19.2 Å². The van der Waals surface area contributed by atoms with Gasteiger partial charge >= 0.3 is 6.36 Å². The molecule has 1 aromatic carbocycles. The van der Waals surface area contributed by atoms with Crippen molar-refractivity contribution in [1.82, 2.24) is 0 Å². The predicted molar refractivity (Wildman–Crippen MR) is 55.4 cm³/mol. The number of rotatable bonds is 6. The van der Waals surface area contributed by atoms with Crippen molar-refractivity contribution < 1.29 is 32.2 Å². The van der Waals surface area contributed by atoms with Gasteiger partial charge in [-0.3, -0.25) is 0 Å². The number of hydrogen-bond donors (Lipinski definition) is 0. The SMILES string of the molecule is COCOc1cccc(OC(F)(F)F)c1CC=O. The minimum Gasteiger partial charge on any atom is -0.467 e. The van der Waals surface area contributed by atoms with Crippen molar-refractivity contribution in [3.8, 4) is 11.5 Å². The Hall–Kier alpha value is -1.76. The third-order valence-electron chi connectivity index (χ3n) is 1.94. The first kappa shape index (κ1) is 14.3. The van der Waals surface area contributed by atoms with Crippen molar-refractivity contribution >= 4 is 6.29 Å². The van der Waals surface area contributed by atoms with E-state index in [9.17, 15) is 18.0 Å². The van der Waals surface area contributed by atoms with Crippen molar-refractivity contribution in [2.45, 2.75) is 12.8 Å². The van der Waals surface area contributed by atoms with Crippen molar-refractivity contribution in [3.05, 3.63) is 23.8 Å². The van der Waals surface area contributed by atoms with Gasteiger partial charge < -0.3 is 19.0 Å². The van der Waals surface area contributed by atoms with E-state index in [1.54, 1.807) is 0 Å². The summed E-state index contributed by atoms with van der Waals surface area (Å²) < 4.78 is 50.0. The zero-order chi connectivity index (χ0) is 13.6. The molecule has 4 nitrogen and oxygen atoms in total. The first-order valence-electron chi connectivity index (χ1n) is 4.91. The lowest BCUT2D eigenvalue weighted by atomic mass is 10.1. The first-order valence-corrected chi connectivity index (χ1v) is 4.91. The molecule has 0 bridgehead atoms. The van der Waals surface area contributed by atoms with Gasteiger partial charge in [0.2, 0.25) is 0 Å². The van der Waals surface area contributed by atoms with Gasteiger partial charge in [0.15, 0.2) is 6.79 Å². The Balaban J connectivity index is 3.04. The normalized spacial score (nSPS) is 11.1. The minimum absolute atomic E-state index is 0.0295. The second-order valence-electron chi connectivity index (χ2n) is 3.20. The summed E-state index contributed by atoms with van der Waals surface area (Å²) in [6, 6.07) is 3.88. The van der Waals surface area contributed by atoms with Crippen LogP contribution in [-0.4, -0.2) is 26.6 Å². The highest BCUT2D eigenvalue weighted by atomic mass is 19.4. The maximum atomic E-state index is 12.2. The van der Waals surface area contributed by atoms with Crippen LogP contribution < -0.4 is 9.47 Å².